The zero-order chi connectivity index (χ0) is 22.0. The van der Waals surface area contributed by atoms with Gasteiger partial charge >= 0.3 is 6.09 Å². The van der Waals surface area contributed by atoms with Crippen LogP contribution in [-0.2, 0) is 4.74 Å². The summed E-state index contributed by atoms with van der Waals surface area (Å²) in [6.07, 6.45) is -0.951. The number of ether oxygens (including phenoxy) is 1. The van der Waals surface area contributed by atoms with Gasteiger partial charge in [0.2, 0.25) is 0 Å². The summed E-state index contributed by atoms with van der Waals surface area (Å²) in [5.74, 6) is -1.16. The molecule has 8 nitrogen and oxygen atoms in total. The Morgan fingerprint density at radius 3 is 2.58 bits per heavy atom. The number of hydrogen-bond acceptors (Lipinski definition) is 6. The Kier molecular flexibility index (Phi) is 6.01. The number of rotatable bonds is 4. The first-order chi connectivity index (χ1) is 15.0. The van der Waals surface area contributed by atoms with E-state index in [0.29, 0.717) is 43.1 Å². The van der Waals surface area contributed by atoms with Gasteiger partial charge in [0.25, 0.3) is 5.91 Å². The highest BCUT2D eigenvalue weighted by molar-refractivity contribution is 5.94. The number of nitrogens with one attached hydrogen (secondary N) is 1. The summed E-state index contributed by atoms with van der Waals surface area (Å²) >= 11 is 0. The second kappa shape index (κ2) is 8.86. The molecular formula is C21H23F2N5O3. The van der Waals surface area contributed by atoms with Crippen molar-refractivity contribution >= 4 is 23.4 Å². The van der Waals surface area contributed by atoms with Crippen LogP contribution in [0.2, 0.25) is 0 Å². The van der Waals surface area contributed by atoms with Crippen LogP contribution in [0.25, 0.3) is 0 Å². The molecule has 2 aromatic rings. The van der Waals surface area contributed by atoms with Gasteiger partial charge in [0, 0.05) is 31.7 Å². The minimum Gasteiger partial charge on any atom is -0.443 e. The smallest absolute Gasteiger partial charge is 0.414 e. The van der Waals surface area contributed by atoms with Gasteiger partial charge in [0.15, 0.2) is 0 Å². The van der Waals surface area contributed by atoms with Crippen LogP contribution in [0.3, 0.4) is 0 Å². The maximum Gasteiger partial charge on any atom is 0.414 e. The first-order valence-electron chi connectivity index (χ1n) is 10.00. The summed E-state index contributed by atoms with van der Waals surface area (Å²) < 4.78 is 33.1. The highest BCUT2D eigenvalue weighted by Gasteiger charge is 2.32. The second-order valence-corrected chi connectivity index (χ2v) is 7.35. The van der Waals surface area contributed by atoms with E-state index in [4.69, 9.17) is 10.5 Å². The summed E-state index contributed by atoms with van der Waals surface area (Å²) in [5, 5.41) is 1.45. The highest BCUT2D eigenvalue weighted by atomic mass is 19.1. The highest BCUT2D eigenvalue weighted by Crippen LogP contribution is 2.28. The van der Waals surface area contributed by atoms with Crippen LogP contribution >= 0.6 is 0 Å². The van der Waals surface area contributed by atoms with Crippen LogP contribution in [0.1, 0.15) is 10.4 Å². The molecule has 0 bridgehead atoms. The lowest BCUT2D eigenvalue weighted by atomic mass is 10.2. The van der Waals surface area contributed by atoms with Crippen molar-refractivity contribution in [3.05, 3.63) is 59.7 Å². The summed E-state index contributed by atoms with van der Waals surface area (Å²) in [6.45, 7) is 2.10. The van der Waals surface area contributed by atoms with Gasteiger partial charge in [-0.25, -0.2) is 19.0 Å². The zero-order valence-electron chi connectivity index (χ0n) is 16.8. The molecule has 31 heavy (non-hydrogen) atoms. The number of nitrogens with two attached hydrogens (primary N) is 1. The van der Waals surface area contributed by atoms with Gasteiger partial charge in [-0.2, -0.15) is 0 Å². The predicted octanol–water partition coefficient (Wildman–Crippen LogP) is 1.72. The number of hydrazine groups is 1. The van der Waals surface area contributed by atoms with Crippen LogP contribution in [0.15, 0.2) is 42.5 Å². The van der Waals surface area contributed by atoms with Gasteiger partial charge in [-0.3, -0.25) is 14.7 Å². The van der Waals surface area contributed by atoms with Gasteiger partial charge in [0.1, 0.15) is 17.7 Å². The minimum absolute atomic E-state index is 0.205. The molecule has 0 aliphatic carbocycles. The van der Waals surface area contributed by atoms with Crippen molar-refractivity contribution in [2.45, 2.75) is 6.10 Å². The molecule has 1 atom stereocenters. The number of benzene rings is 2. The molecule has 2 aliphatic heterocycles. The van der Waals surface area contributed by atoms with Crippen molar-refractivity contribution in [3.63, 3.8) is 0 Å². The topological polar surface area (TPSA) is 91.1 Å². The summed E-state index contributed by atoms with van der Waals surface area (Å²) in [5.41, 5.74) is 9.73. The van der Waals surface area contributed by atoms with E-state index in [2.05, 4.69) is 5.43 Å². The number of carbonyl (C=O) groups excluding carboxylic acids is 2. The standard InChI is InChI=1S/C21H23F2N5O3/c22-15-3-1-14(2-4-15)20(29)28-10-9-26(8-7-25-28)19-6-5-16(11-18(19)23)27-13-17(12-24)31-21(27)30/h1-6,11,17,25H,7-10,12-13,24H2/t17-/m0/s1. The fourth-order valence-corrected chi connectivity index (χ4v) is 3.67. The number of nitrogens with zero attached hydrogens (tertiary/aromatic N) is 3. The van der Waals surface area contributed by atoms with Gasteiger partial charge in [0.05, 0.1) is 24.5 Å². The van der Waals surface area contributed by atoms with Crippen molar-refractivity contribution in [1.82, 2.24) is 10.4 Å². The first-order valence-corrected chi connectivity index (χ1v) is 10.00. The number of hydrogen-bond donors (Lipinski definition) is 2. The van der Waals surface area contributed by atoms with E-state index in [1.165, 1.54) is 40.2 Å². The zero-order valence-corrected chi connectivity index (χ0v) is 16.8. The molecule has 164 valence electrons. The molecule has 2 heterocycles. The lowest BCUT2D eigenvalue weighted by molar-refractivity contribution is 0.0681. The number of carbonyl (C=O) groups is 2. The van der Waals surface area contributed by atoms with Crippen molar-refractivity contribution in [3.8, 4) is 0 Å². The van der Waals surface area contributed by atoms with E-state index in [-0.39, 0.29) is 19.0 Å². The molecule has 10 heteroatoms. The van der Waals surface area contributed by atoms with Crippen LogP contribution in [0.4, 0.5) is 25.0 Å². The van der Waals surface area contributed by atoms with Crippen molar-refractivity contribution in [2.75, 3.05) is 49.1 Å². The largest absolute Gasteiger partial charge is 0.443 e. The predicted molar refractivity (Wildman–Crippen MR) is 111 cm³/mol. The molecule has 2 aromatic carbocycles. The lowest BCUT2D eigenvalue weighted by Gasteiger charge is -2.24. The van der Waals surface area contributed by atoms with E-state index < -0.39 is 23.8 Å². The molecule has 0 spiro atoms. The third-order valence-corrected chi connectivity index (χ3v) is 5.33. The van der Waals surface area contributed by atoms with Crippen LogP contribution in [0, 0.1) is 11.6 Å². The third-order valence-electron chi connectivity index (χ3n) is 5.33. The van der Waals surface area contributed by atoms with Crippen molar-refractivity contribution in [2.24, 2.45) is 5.73 Å². The number of halogens is 2. The van der Waals surface area contributed by atoms with Gasteiger partial charge in [-0.1, -0.05) is 0 Å². The Hall–Kier alpha value is -3.24. The van der Waals surface area contributed by atoms with E-state index in [1.54, 1.807) is 12.1 Å². The fraction of sp³-hybridized carbons (Fsp3) is 0.333. The Bertz CT molecular complexity index is 972. The fourth-order valence-electron chi connectivity index (χ4n) is 3.67. The Labute approximate surface area is 178 Å². The van der Waals surface area contributed by atoms with Crippen LogP contribution < -0.4 is 21.0 Å². The average molecular weight is 431 g/mol. The van der Waals surface area contributed by atoms with Gasteiger partial charge in [-0.15, -0.1) is 0 Å². The normalized spacial score (nSPS) is 19.4. The number of cyclic esters (lactones) is 1. The molecule has 2 aliphatic rings. The Morgan fingerprint density at radius 1 is 1.13 bits per heavy atom. The molecule has 2 fully saturated rings. The molecule has 4 rings (SSSR count). The number of anilines is 2. The molecule has 0 unspecified atom stereocenters. The Balaban J connectivity index is 1.44. The van der Waals surface area contributed by atoms with Crippen LogP contribution in [-0.4, -0.2) is 62.4 Å². The van der Waals surface area contributed by atoms with E-state index >= 15 is 0 Å². The van der Waals surface area contributed by atoms with Gasteiger partial charge < -0.3 is 15.4 Å². The minimum atomic E-state index is -0.545. The van der Waals surface area contributed by atoms with E-state index in [0.717, 1.165) is 0 Å². The third kappa shape index (κ3) is 4.44. The second-order valence-electron chi connectivity index (χ2n) is 7.35. The lowest BCUT2D eigenvalue weighted by Crippen LogP contribution is -2.43. The Morgan fingerprint density at radius 2 is 1.90 bits per heavy atom. The maximum atomic E-state index is 14.9. The molecule has 3 N–H and O–H groups in total. The SMILES string of the molecule is NC[C@H]1CN(c2ccc(N3CCNN(C(=O)c4ccc(F)cc4)CC3)c(F)c2)C(=O)O1. The van der Waals surface area contributed by atoms with Crippen LogP contribution in [0.5, 0.6) is 0 Å². The quantitative estimate of drug-likeness (QED) is 0.766. The molecule has 2 amide bonds. The summed E-state index contributed by atoms with van der Waals surface area (Å²) in [4.78, 5) is 27.8. The number of amides is 2. The maximum absolute atomic E-state index is 14.9. The van der Waals surface area contributed by atoms with Crippen molar-refractivity contribution < 1.29 is 23.1 Å². The first kappa shape index (κ1) is 21.0. The monoisotopic (exact) mass is 431 g/mol. The summed E-state index contributed by atoms with van der Waals surface area (Å²) in [7, 11) is 0. The molecule has 0 saturated carbocycles. The van der Waals surface area contributed by atoms with E-state index in [9.17, 15) is 18.4 Å². The van der Waals surface area contributed by atoms with Gasteiger partial charge in [-0.05, 0) is 42.5 Å². The van der Waals surface area contributed by atoms with E-state index in [1.807, 2.05) is 4.90 Å². The average Bonchev–Trinajstić information content (AvgIpc) is 2.98. The summed E-state index contributed by atoms with van der Waals surface area (Å²) in [6, 6.07) is 9.91. The molecular weight excluding hydrogens is 408 g/mol. The molecule has 0 radical (unpaired) electrons. The molecule has 2 saturated heterocycles. The van der Waals surface area contributed by atoms with Crippen molar-refractivity contribution in [1.29, 1.82) is 0 Å². The molecule has 0 aromatic heterocycles.